The Hall–Kier alpha value is 0.870. The van der Waals surface area contributed by atoms with Gasteiger partial charge in [0.25, 0.3) is 0 Å². The minimum absolute atomic E-state index is 0. The van der Waals surface area contributed by atoms with Gasteiger partial charge in [-0.25, -0.2) is 8.42 Å². The molecule has 0 saturated carbocycles. The summed E-state index contributed by atoms with van der Waals surface area (Å²) in [6.07, 6.45) is 1.67. The Bertz CT molecular complexity index is 227. The van der Waals surface area contributed by atoms with Crippen molar-refractivity contribution in [2.75, 3.05) is 0 Å². The summed E-state index contributed by atoms with van der Waals surface area (Å²) in [5.74, 6) is 0. The molecule has 0 aliphatic carbocycles. The molecule has 0 aliphatic heterocycles. The van der Waals surface area contributed by atoms with Crippen molar-refractivity contribution in [3.63, 3.8) is 0 Å². The van der Waals surface area contributed by atoms with E-state index in [1.165, 1.54) is 6.92 Å². The molecule has 0 aliphatic rings. The molecule has 0 rings (SSSR count). The maximum Gasteiger partial charge on any atom is 1.00 e. The third-order valence-electron chi connectivity index (χ3n) is 2.02. The average molecular weight is 232 g/mol. The zero-order valence-electron chi connectivity index (χ0n) is 9.06. The van der Waals surface area contributed by atoms with Gasteiger partial charge in [-0.3, -0.25) is 0 Å². The van der Waals surface area contributed by atoms with Crippen molar-refractivity contribution < 1.29 is 47.6 Å². The molecule has 80 valence electrons. The molecule has 4 nitrogen and oxygen atoms in total. The van der Waals surface area contributed by atoms with E-state index in [0.29, 0.717) is 12.8 Å². The van der Waals surface area contributed by atoms with Crippen LogP contribution in [0.3, 0.4) is 0 Å². The SMILES string of the molecule is CCCC(O)CCC(C)S(=O)(=O)[O-].[Na+]. The van der Waals surface area contributed by atoms with Crippen LogP contribution in [0.25, 0.3) is 0 Å². The van der Waals surface area contributed by atoms with Crippen LogP contribution in [0.2, 0.25) is 0 Å². The number of hydrogen-bond donors (Lipinski definition) is 1. The molecule has 0 aromatic heterocycles. The van der Waals surface area contributed by atoms with Gasteiger partial charge in [0.1, 0.15) is 0 Å². The first-order valence-electron chi connectivity index (χ1n) is 4.50. The Morgan fingerprint density at radius 1 is 1.29 bits per heavy atom. The fourth-order valence-corrected chi connectivity index (χ4v) is 1.47. The second kappa shape index (κ2) is 8.07. The molecule has 0 aromatic carbocycles. The molecule has 0 radical (unpaired) electrons. The molecule has 14 heavy (non-hydrogen) atoms. The molecule has 6 heteroatoms. The smallest absolute Gasteiger partial charge is 0.748 e. The van der Waals surface area contributed by atoms with Crippen molar-refractivity contribution >= 4 is 10.1 Å². The summed E-state index contributed by atoms with van der Waals surface area (Å²) in [5, 5.41) is 8.38. The fraction of sp³-hybridized carbons (Fsp3) is 1.00. The van der Waals surface area contributed by atoms with Crippen molar-refractivity contribution in [2.45, 2.75) is 50.9 Å². The van der Waals surface area contributed by atoms with Crippen LogP contribution in [0.5, 0.6) is 0 Å². The van der Waals surface area contributed by atoms with Gasteiger partial charge in [0.15, 0.2) is 0 Å². The Morgan fingerprint density at radius 3 is 2.14 bits per heavy atom. The van der Waals surface area contributed by atoms with Crippen LogP contribution in [0.1, 0.15) is 39.5 Å². The monoisotopic (exact) mass is 232 g/mol. The van der Waals surface area contributed by atoms with Gasteiger partial charge in [0, 0.05) is 5.25 Å². The third kappa shape index (κ3) is 8.20. The predicted octanol–water partition coefficient (Wildman–Crippen LogP) is -2.13. The molecular weight excluding hydrogens is 215 g/mol. The van der Waals surface area contributed by atoms with Crippen molar-refractivity contribution in [3.05, 3.63) is 0 Å². The second-order valence-electron chi connectivity index (χ2n) is 3.32. The van der Waals surface area contributed by atoms with Crippen LogP contribution in [0, 0.1) is 0 Å². The van der Waals surface area contributed by atoms with Crippen molar-refractivity contribution in [1.82, 2.24) is 0 Å². The maximum atomic E-state index is 10.5. The van der Waals surface area contributed by atoms with E-state index < -0.39 is 21.5 Å². The van der Waals surface area contributed by atoms with Crippen LogP contribution in [-0.2, 0) is 10.1 Å². The first-order valence-corrected chi connectivity index (χ1v) is 5.97. The van der Waals surface area contributed by atoms with E-state index in [4.69, 9.17) is 0 Å². The van der Waals surface area contributed by atoms with Gasteiger partial charge in [-0.15, -0.1) is 0 Å². The van der Waals surface area contributed by atoms with Gasteiger partial charge in [-0.1, -0.05) is 13.3 Å². The number of aliphatic hydroxyl groups is 1. The molecule has 0 saturated heterocycles. The Kier molecular flexibility index (Phi) is 9.96. The zero-order chi connectivity index (χ0) is 10.5. The molecule has 0 aromatic rings. The van der Waals surface area contributed by atoms with E-state index in [-0.39, 0.29) is 36.0 Å². The summed E-state index contributed by atoms with van der Waals surface area (Å²) in [6.45, 7) is 3.32. The van der Waals surface area contributed by atoms with E-state index in [1.807, 2.05) is 6.92 Å². The van der Waals surface area contributed by atoms with Gasteiger partial charge >= 0.3 is 29.6 Å². The molecule has 2 unspecified atom stereocenters. The van der Waals surface area contributed by atoms with E-state index >= 15 is 0 Å². The summed E-state index contributed by atoms with van der Waals surface area (Å²) < 4.78 is 31.4. The van der Waals surface area contributed by atoms with Gasteiger partial charge in [-0.2, -0.15) is 0 Å². The van der Waals surface area contributed by atoms with Crippen LogP contribution in [-0.4, -0.2) is 29.4 Å². The van der Waals surface area contributed by atoms with Crippen LogP contribution in [0.15, 0.2) is 0 Å². The van der Waals surface area contributed by atoms with Crippen LogP contribution < -0.4 is 29.6 Å². The number of rotatable bonds is 6. The standard InChI is InChI=1S/C8H18O4S.Na/c1-3-4-8(9)6-5-7(2)13(10,11)12;/h7-9H,3-6H2,1-2H3,(H,10,11,12);/q;+1/p-1. The average Bonchev–Trinajstić information content (AvgIpc) is 1.99. The van der Waals surface area contributed by atoms with E-state index in [1.54, 1.807) is 0 Å². The summed E-state index contributed by atoms with van der Waals surface area (Å²) >= 11 is 0. The molecule has 2 atom stereocenters. The third-order valence-corrected chi connectivity index (χ3v) is 3.24. The van der Waals surface area contributed by atoms with Gasteiger partial charge < -0.3 is 9.66 Å². The molecule has 0 bridgehead atoms. The second-order valence-corrected chi connectivity index (χ2v) is 5.11. The van der Waals surface area contributed by atoms with E-state index in [0.717, 1.165) is 6.42 Å². The number of hydrogen-bond acceptors (Lipinski definition) is 4. The largest absolute Gasteiger partial charge is 1.00 e. The van der Waals surface area contributed by atoms with Crippen molar-refractivity contribution in [1.29, 1.82) is 0 Å². The minimum atomic E-state index is -4.17. The van der Waals surface area contributed by atoms with E-state index in [9.17, 15) is 18.1 Å². The Labute approximate surface area is 108 Å². The van der Waals surface area contributed by atoms with Crippen LogP contribution >= 0.6 is 0 Å². The normalized spacial score (nSPS) is 15.7. The first kappa shape index (κ1) is 17.3. The molecule has 0 heterocycles. The van der Waals surface area contributed by atoms with Crippen molar-refractivity contribution in [2.24, 2.45) is 0 Å². The molecule has 0 spiro atoms. The summed E-state index contributed by atoms with van der Waals surface area (Å²) in [7, 11) is -4.17. The fourth-order valence-electron chi connectivity index (χ4n) is 1.05. The summed E-state index contributed by atoms with van der Waals surface area (Å²) in [5.41, 5.74) is 0. The van der Waals surface area contributed by atoms with Gasteiger partial charge in [0.05, 0.1) is 16.2 Å². The molecular formula is C8H17NaO4S. The molecule has 1 N–H and O–H groups in total. The van der Waals surface area contributed by atoms with Crippen LogP contribution in [0.4, 0.5) is 0 Å². The van der Waals surface area contributed by atoms with E-state index in [2.05, 4.69) is 0 Å². The molecule has 0 fully saturated rings. The maximum absolute atomic E-state index is 10.5. The predicted molar refractivity (Wildman–Crippen MR) is 49.3 cm³/mol. The van der Waals surface area contributed by atoms with Crippen molar-refractivity contribution in [3.8, 4) is 0 Å². The first-order chi connectivity index (χ1) is 5.88. The quantitative estimate of drug-likeness (QED) is 0.419. The topological polar surface area (TPSA) is 77.4 Å². The molecule has 0 amide bonds. The Balaban J connectivity index is 0. The Morgan fingerprint density at radius 2 is 1.79 bits per heavy atom. The van der Waals surface area contributed by atoms with Gasteiger partial charge in [0.2, 0.25) is 0 Å². The minimum Gasteiger partial charge on any atom is -0.748 e. The van der Waals surface area contributed by atoms with Gasteiger partial charge in [-0.05, 0) is 26.2 Å². The number of aliphatic hydroxyl groups excluding tert-OH is 1. The zero-order valence-corrected chi connectivity index (χ0v) is 11.9. The summed E-state index contributed by atoms with van der Waals surface area (Å²) in [4.78, 5) is 0. The summed E-state index contributed by atoms with van der Waals surface area (Å²) in [6, 6.07) is 0.